The molecule has 0 atom stereocenters. The molecule has 0 bridgehead atoms. The van der Waals surface area contributed by atoms with E-state index in [1.165, 1.54) is 103 Å². The van der Waals surface area contributed by atoms with Crippen LogP contribution in [0.1, 0.15) is 142 Å². The van der Waals surface area contributed by atoms with Crippen molar-refractivity contribution in [3.8, 4) is 0 Å². The van der Waals surface area contributed by atoms with E-state index in [9.17, 15) is 0 Å². The van der Waals surface area contributed by atoms with Crippen LogP contribution in [0.3, 0.4) is 0 Å². The Morgan fingerprint density at radius 1 is 0.320 bits per heavy atom. The van der Waals surface area contributed by atoms with Crippen molar-refractivity contribution in [2.45, 2.75) is 151 Å². The van der Waals surface area contributed by atoms with Gasteiger partial charge in [-0.25, -0.2) is 0 Å². The van der Waals surface area contributed by atoms with Crippen molar-refractivity contribution in [3.05, 3.63) is 0 Å². The van der Waals surface area contributed by atoms with Gasteiger partial charge in [0.15, 0.2) is 0 Å². The molecule has 0 aliphatic rings. The van der Waals surface area contributed by atoms with Crippen molar-refractivity contribution >= 4 is 21.1 Å². The van der Waals surface area contributed by atoms with Gasteiger partial charge in [0.2, 0.25) is 0 Å². The molecule has 0 heterocycles. The molecule has 0 saturated carbocycles. The Bertz CT molecular complexity index is 192. The quantitative estimate of drug-likeness (QED) is 0.112. The van der Waals surface area contributed by atoms with Crippen molar-refractivity contribution in [2.75, 3.05) is 0 Å². The Labute approximate surface area is 171 Å². The zero-order valence-electron chi connectivity index (χ0n) is 18.1. The van der Waals surface area contributed by atoms with Crippen LogP contribution in [0.25, 0.3) is 0 Å². The molecule has 0 fully saturated rings. The molecule has 0 spiro atoms. The van der Waals surface area contributed by atoms with Crippen LogP contribution in [0.4, 0.5) is 0 Å². The normalized spacial score (nSPS) is 11.3. The fourth-order valence-corrected chi connectivity index (χ4v) is 7.82. The summed E-state index contributed by atoms with van der Waals surface area (Å²) in [5.74, 6) is 0. The van der Waals surface area contributed by atoms with E-state index in [2.05, 4.69) is 13.8 Å². The minimum absolute atomic E-state index is 0.134. The summed E-state index contributed by atoms with van der Waals surface area (Å²) in [5, 5.41) is 0. The molecular weight excluding hydrogens is 407 g/mol. The fraction of sp³-hybridized carbons (Fsp3) is 1.00. The summed E-state index contributed by atoms with van der Waals surface area (Å²) in [6.07, 6.45) is 29.9. The Balaban J connectivity index is 2.94. The topological polar surface area (TPSA) is 0 Å². The standard InChI is InChI=1S/2C12H25.Sn.H/c2*1-3-5-7-9-11-12-10-8-6-4-2;;/h2*1,3-12H2,2H3;;. The van der Waals surface area contributed by atoms with Gasteiger partial charge >= 0.3 is 172 Å². The van der Waals surface area contributed by atoms with Gasteiger partial charge in [-0.2, -0.15) is 0 Å². The van der Waals surface area contributed by atoms with Gasteiger partial charge in [-0.3, -0.25) is 0 Å². The summed E-state index contributed by atoms with van der Waals surface area (Å²) in [6, 6.07) is 0. The third kappa shape index (κ3) is 24.8. The molecule has 0 aliphatic carbocycles. The van der Waals surface area contributed by atoms with Crippen LogP contribution in [-0.2, 0) is 0 Å². The van der Waals surface area contributed by atoms with E-state index in [0.717, 1.165) is 0 Å². The van der Waals surface area contributed by atoms with Crippen LogP contribution in [0.5, 0.6) is 0 Å². The first-order valence-electron chi connectivity index (χ1n) is 12.2. The van der Waals surface area contributed by atoms with Crippen LogP contribution in [0, 0.1) is 0 Å². The molecule has 0 N–H and O–H groups in total. The molecule has 0 rings (SSSR count). The molecule has 25 heavy (non-hydrogen) atoms. The third-order valence-corrected chi connectivity index (χ3v) is 10.2. The summed E-state index contributed by atoms with van der Waals surface area (Å²) in [6.45, 7) is 4.61. The predicted molar refractivity (Wildman–Crippen MR) is 120 cm³/mol. The molecular formula is C24H51Sn. The molecule has 0 aromatic heterocycles. The van der Waals surface area contributed by atoms with Gasteiger partial charge in [0, 0.05) is 0 Å². The van der Waals surface area contributed by atoms with Gasteiger partial charge in [-0.15, -0.1) is 0 Å². The second kappa shape index (κ2) is 24.8. The van der Waals surface area contributed by atoms with Crippen molar-refractivity contribution in [3.63, 3.8) is 0 Å². The molecule has 0 amide bonds. The van der Waals surface area contributed by atoms with Crippen molar-refractivity contribution in [1.29, 1.82) is 0 Å². The van der Waals surface area contributed by atoms with E-state index in [4.69, 9.17) is 0 Å². The maximum absolute atomic E-state index is 2.31. The van der Waals surface area contributed by atoms with Crippen LogP contribution in [-0.4, -0.2) is 21.1 Å². The van der Waals surface area contributed by atoms with Gasteiger partial charge in [0.25, 0.3) is 0 Å². The van der Waals surface area contributed by atoms with Gasteiger partial charge in [0.1, 0.15) is 0 Å². The van der Waals surface area contributed by atoms with E-state index >= 15 is 0 Å². The molecule has 1 radical (unpaired) electrons. The average molecular weight is 458 g/mol. The number of unbranched alkanes of at least 4 members (excludes halogenated alkanes) is 18. The van der Waals surface area contributed by atoms with Crippen LogP contribution < -0.4 is 0 Å². The van der Waals surface area contributed by atoms with Crippen LogP contribution >= 0.6 is 0 Å². The van der Waals surface area contributed by atoms with E-state index < -0.39 is 0 Å². The summed E-state index contributed by atoms with van der Waals surface area (Å²) in [5.41, 5.74) is 0. The molecule has 1 heteroatoms. The van der Waals surface area contributed by atoms with Gasteiger partial charge in [-0.05, 0) is 0 Å². The molecule has 0 aromatic carbocycles. The van der Waals surface area contributed by atoms with Crippen molar-refractivity contribution in [1.82, 2.24) is 0 Å². The van der Waals surface area contributed by atoms with Crippen molar-refractivity contribution < 1.29 is 0 Å². The SMILES string of the molecule is CCCCCCCCCCC[CH2][SnH][CH2]CCCCCCCCCCC. The van der Waals surface area contributed by atoms with Crippen molar-refractivity contribution in [2.24, 2.45) is 0 Å². The average Bonchev–Trinajstić information content (AvgIpc) is 2.63. The first-order valence-corrected chi connectivity index (χ1v) is 16.9. The monoisotopic (exact) mass is 459 g/mol. The Kier molecular flexibility index (Phi) is 25.6. The van der Waals surface area contributed by atoms with Crippen LogP contribution in [0.2, 0.25) is 8.87 Å². The number of hydrogen-bond donors (Lipinski definition) is 0. The molecule has 0 aromatic rings. The molecule has 0 saturated heterocycles. The summed E-state index contributed by atoms with van der Waals surface area (Å²) in [4.78, 5) is 0. The third-order valence-electron chi connectivity index (χ3n) is 5.52. The molecule has 151 valence electrons. The zero-order valence-corrected chi connectivity index (χ0v) is 21.4. The van der Waals surface area contributed by atoms with Crippen LogP contribution in [0.15, 0.2) is 0 Å². The summed E-state index contributed by atoms with van der Waals surface area (Å²) in [7, 11) is 0. The number of hydrogen-bond acceptors (Lipinski definition) is 0. The maximum atomic E-state index is 2.31. The Morgan fingerprint density at radius 3 is 0.840 bits per heavy atom. The fourth-order valence-electron chi connectivity index (χ4n) is 3.70. The minimum atomic E-state index is -0.134. The molecule has 0 unspecified atom stereocenters. The first-order chi connectivity index (χ1) is 12.4. The summed E-state index contributed by atoms with van der Waals surface area (Å²) < 4.78 is 3.37. The van der Waals surface area contributed by atoms with E-state index in [-0.39, 0.29) is 21.1 Å². The van der Waals surface area contributed by atoms with E-state index in [1.807, 2.05) is 0 Å². The molecule has 0 nitrogen and oxygen atoms in total. The number of rotatable bonds is 22. The van der Waals surface area contributed by atoms with Gasteiger partial charge in [-0.1, -0.05) is 0 Å². The first kappa shape index (κ1) is 25.8. The molecule has 0 aliphatic heterocycles. The second-order valence-corrected chi connectivity index (χ2v) is 13.2. The Morgan fingerprint density at radius 2 is 0.560 bits per heavy atom. The second-order valence-electron chi connectivity index (χ2n) is 8.23. The predicted octanol–water partition coefficient (Wildman–Crippen LogP) is 9.10. The Hall–Kier alpha value is 0.799. The summed E-state index contributed by atoms with van der Waals surface area (Å²) >= 11 is -0.134. The van der Waals surface area contributed by atoms with E-state index in [1.54, 1.807) is 34.6 Å². The van der Waals surface area contributed by atoms with Gasteiger partial charge in [0.05, 0.1) is 0 Å². The zero-order chi connectivity index (χ0) is 18.3. The van der Waals surface area contributed by atoms with E-state index in [0.29, 0.717) is 0 Å². The van der Waals surface area contributed by atoms with Gasteiger partial charge < -0.3 is 0 Å².